The Bertz CT molecular complexity index is 882. The lowest BCUT2D eigenvalue weighted by Crippen LogP contribution is -2.41. The molecule has 1 aliphatic heterocycles. The van der Waals surface area contributed by atoms with Crippen molar-refractivity contribution in [1.82, 2.24) is 0 Å². The Labute approximate surface area is 179 Å². The van der Waals surface area contributed by atoms with Crippen LogP contribution in [0.2, 0.25) is 0 Å². The summed E-state index contributed by atoms with van der Waals surface area (Å²) in [5, 5.41) is 0. The van der Waals surface area contributed by atoms with Crippen molar-refractivity contribution in [2.24, 2.45) is 0 Å². The zero-order valence-electron chi connectivity index (χ0n) is 17.5. The van der Waals surface area contributed by atoms with Gasteiger partial charge in [0.2, 0.25) is 0 Å². The van der Waals surface area contributed by atoms with Crippen molar-refractivity contribution in [3.05, 3.63) is 53.8 Å². The van der Waals surface area contributed by atoms with Gasteiger partial charge in [-0.2, -0.15) is 8.78 Å². The minimum atomic E-state index is -2.61. The molecule has 1 aliphatic rings. The van der Waals surface area contributed by atoms with Gasteiger partial charge in [-0.25, -0.2) is 4.39 Å². The van der Waals surface area contributed by atoms with Crippen LogP contribution in [0, 0.1) is 5.82 Å². The molecule has 0 radical (unpaired) electrons. The predicted molar refractivity (Wildman–Crippen MR) is 115 cm³/mol. The molecule has 0 bridgehead atoms. The molecule has 30 heavy (non-hydrogen) atoms. The molecule has 0 saturated carbocycles. The predicted octanol–water partition coefficient (Wildman–Crippen LogP) is 5.55. The van der Waals surface area contributed by atoms with Gasteiger partial charge in [-0.15, -0.1) is 0 Å². The number of ether oxygens (including phenoxy) is 1. The third-order valence-electron chi connectivity index (χ3n) is 5.44. The van der Waals surface area contributed by atoms with Gasteiger partial charge in [-0.1, -0.05) is 24.3 Å². The van der Waals surface area contributed by atoms with Crippen molar-refractivity contribution < 1.29 is 27.2 Å². The number of hydrogen-bond acceptors (Lipinski definition) is 5. The van der Waals surface area contributed by atoms with Crippen LogP contribution in [0.5, 0.6) is 5.75 Å². The lowest BCUT2D eigenvalue weighted by molar-refractivity contribution is 0.00578. The number of benzene rings is 2. The molecule has 1 unspecified atom stereocenters. The minimum absolute atomic E-state index is 0.262. The molecule has 9 heteroatoms. The van der Waals surface area contributed by atoms with Crippen molar-refractivity contribution in [2.45, 2.75) is 57.7 Å². The van der Waals surface area contributed by atoms with Gasteiger partial charge in [0.1, 0.15) is 17.7 Å². The van der Waals surface area contributed by atoms with E-state index in [1.54, 1.807) is 43.3 Å². The fourth-order valence-electron chi connectivity index (χ4n) is 3.01. The Kier molecular flexibility index (Phi) is 6.64. The van der Waals surface area contributed by atoms with E-state index in [1.807, 2.05) is 27.7 Å². The molecular formula is C21H25BF3NO3S. The first-order chi connectivity index (χ1) is 14.0. The van der Waals surface area contributed by atoms with Crippen LogP contribution in [-0.4, -0.2) is 24.1 Å². The van der Waals surface area contributed by atoms with E-state index in [2.05, 4.69) is 4.72 Å². The summed E-state index contributed by atoms with van der Waals surface area (Å²) < 4.78 is 60.3. The quantitative estimate of drug-likeness (QED) is 0.453. The van der Waals surface area contributed by atoms with Gasteiger partial charge in [0.15, 0.2) is 0 Å². The van der Waals surface area contributed by atoms with E-state index in [0.717, 1.165) is 0 Å². The van der Waals surface area contributed by atoms with Crippen LogP contribution in [0.4, 0.5) is 18.9 Å². The van der Waals surface area contributed by atoms with Crippen molar-refractivity contribution in [2.75, 3.05) is 4.72 Å². The standard InChI is InChI=1S/C21H25BF3NO3S/c1-13(15-8-6-7-9-16(15)23)27-18-12-14(10-11-17(18)26-30-19(24)25)22-28-20(2,3)21(4,5)29-22/h6-13,19,26H,1-5H3. The largest absolute Gasteiger partial charge is 0.494 e. The topological polar surface area (TPSA) is 39.7 Å². The second kappa shape index (κ2) is 8.73. The summed E-state index contributed by atoms with van der Waals surface area (Å²) in [4.78, 5) is 0. The second-order valence-electron chi connectivity index (χ2n) is 8.11. The first-order valence-electron chi connectivity index (χ1n) is 9.60. The number of halogens is 3. The maximum atomic E-state index is 14.2. The summed E-state index contributed by atoms with van der Waals surface area (Å²) >= 11 is 0.262. The van der Waals surface area contributed by atoms with E-state index in [9.17, 15) is 13.2 Å². The molecule has 4 nitrogen and oxygen atoms in total. The zero-order valence-corrected chi connectivity index (χ0v) is 18.4. The number of hydrogen-bond donors (Lipinski definition) is 1. The highest BCUT2D eigenvalue weighted by molar-refractivity contribution is 8.00. The summed E-state index contributed by atoms with van der Waals surface area (Å²) in [5.41, 5.74) is 0.343. The summed E-state index contributed by atoms with van der Waals surface area (Å²) in [6.07, 6.45) is -0.642. The smallest absolute Gasteiger partial charge is 0.484 e. The zero-order chi connectivity index (χ0) is 22.1. The van der Waals surface area contributed by atoms with Crippen molar-refractivity contribution >= 4 is 30.2 Å². The van der Waals surface area contributed by atoms with E-state index in [1.165, 1.54) is 6.07 Å². The molecule has 1 saturated heterocycles. The summed E-state index contributed by atoms with van der Waals surface area (Å²) in [6.45, 7) is 9.48. The Morgan fingerprint density at radius 1 is 1.03 bits per heavy atom. The van der Waals surface area contributed by atoms with Crippen LogP contribution in [0.25, 0.3) is 0 Å². The molecular weight excluding hydrogens is 414 g/mol. The van der Waals surface area contributed by atoms with Gasteiger partial charge < -0.3 is 18.8 Å². The molecule has 3 rings (SSSR count). The fourth-order valence-corrected chi connectivity index (χ4v) is 3.40. The first kappa shape index (κ1) is 22.8. The van der Waals surface area contributed by atoms with Crippen LogP contribution in [-0.2, 0) is 9.31 Å². The van der Waals surface area contributed by atoms with Crippen LogP contribution < -0.4 is 14.9 Å². The van der Waals surface area contributed by atoms with Gasteiger partial charge >= 0.3 is 12.9 Å². The number of anilines is 1. The van der Waals surface area contributed by atoms with Crippen LogP contribution in [0.1, 0.15) is 46.3 Å². The Morgan fingerprint density at radius 2 is 1.67 bits per heavy atom. The molecule has 162 valence electrons. The minimum Gasteiger partial charge on any atom is -0.484 e. The average Bonchev–Trinajstić information content (AvgIpc) is 2.88. The van der Waals surface area contributed by atoms with E-state index in [0.29, 0.717) is 22.5 Å². The SMILES string of the molecule is CC(Oc1cc(B2OC(C)(C)C(C)(C)O2)ccc1NSC(F)F)c1ccccc1F. The van der Waals surface area contributed by atoms with E-state index in [-0.39, 0.29) is 11.9 Å². The summed E-state index contributed by atoms with van der Waals surface area (Å²) in [5.74, 6) is -2.71. The van der Waals surface area contributed by atoms with Crippen molar-refractivity contribution in [3.8, 4) is 5.75 Å². The van der Waals surface area contributed by atoms with Gasteiger partial charge in [0.25, 0.3) is 0 Å². The number of nitrogens with one attached hydrogen (secondary N) is 1. The lowest BCUT2D eigenvalue weighted by atomic mass is 9.79. The van der Waals surface area contributed by atoms with Crippen molar-refractivity contribution in [1.29, 1.82) is 0 Å². The third kappa shape index (κ3) is 4.90. The van der Waals surface area contributed by atoms with E-state index >= 15 is 0 Å². The van der Waals surface area contributed by atoms with Gasteiger partial charge in [0, 0.05) is 17.5 Å². The molecule has 0 aliphatic carbocycles. The van der Waals surface area contributed by atoms with E-state index in [4.69, 9.17) is 14.0 Å². The summed E-state index contributed by atoms with van der Waals surface area (Å²) in [6, 6.07) is 11.3. The third-order valence-corrected chi connectivity index (χ3v) is 5.95. The lowest BCUT2D eigenvalue weighted by Gasteiger charge is -2.32. The maximum absolute atomic E-state index is 14.2. The molecule has 1 N–H and O–H groups in total. The normalized spacial score (nSPS) is 18.5. The highest BCUT2D eigenvalue weighted by Gasteiger charge is 2.51. The average molecular weight is 439 g/mol. The molecule has 1 atom stereocenters. The fraction of sp³-hybridized carbons (Fsp3) is 0.429. The van der Waals surface area contributed by atoms with Gasteiger partial charge in [-0.3, -0.25) is 0 Å². The monoisotopic (exact) mass is 439 g/mol. The molecule has 0 amide bonds. The summed E-state index contributed by atoms with van der Waals surface area (Å²) in [7, 11) is -0.641. The van der Waals surface area contributed by atoms with Crippen molar-refractivity contribution in [3.63, 3.8) is 0 Å². The molecule has 0 spiro atoms. The Balaban J connectivity index is 1.90. The van der Waals surface area contributed by atoms with Gasteiger partial charge in [-0.05, 0) is 58.3 Å². The van der Waals surface area contributed by atoms with Crippen LogP contribution >= 0.6 is 11.9 Å². The highest BCUT2D eigenvalue weighted by atomic mass is 32.2. The maximum Gasteiger partial charge on any atom is 0.494 e. The molecule has 2 aromatic rings. The highest BCUT2D eigenvalue weighted by Crippen LogP contribution is 2.38. The van der Waals surface area contributed by atoms with E-state index < -0.39 is 36.0 Å². The van der Waals surface area contributed by atoms with Gasteiger partial charge in [0.05, 0.1) is 16.9 Å². The number of rotatable bonds is 7. The Hall–Kier alpha value is -1.84. The molecule has 0 aromatic heterocycles. The molecule has 1 fully saturated rings. The van der Waals surface area contributed by atoms with Crippen LogP contribution in [0.3, 0.4) is 0 Å². The molecule has 2 aromatic carbocycles. The first-order valence-corrected chi connectivity index (χ1v) is 10.5. The second-order valence-corrected chi connectivity index (χ2v) is 8.90. The molecule has 1 heterocycles. The Morgan fingerprint density at radius 3 is 2.27 bits per heavy atom. The van der Waals surface area contributed by atoms with Crippen LogP contribution in [0.15, 0.2) is 42.5 Å². The number of alkyl halides is 2.